The number of nitrogens with zero attached hydrogens (tertiary/aromatic N) is 1. The number of hydrogen-bond acceptors (Lipinski definition) is 4. The van der Waals surface area contributed by atoms with Crippen LogP contribution in [0.15, 0.2) is 30.3 Å². The standard InChI is InChI=1S/C26H38N2O4/c1-17(25(31)28-13-15-32-16-14-28)20-9-11-26(3)12-10-21(18(2)22(26)23(20)29)27-24(30)19-7-5-4-6-8-19/h4-8,17-18,20-23,29H,9-16H2,1-3H3,(H,27,30)/t17-,18+,20?,21-,22+,23-,26-/m0/s1. The molecular weight excluding hydrogens is 404 g/mol. The Hall–Kier alpha value is -1.92. The maximum Gasteiger partial charge on any atom is 0.251 e. The summed E-state index contributed by atoms with van der Waals surface area (Å²) in [5, 5.41) is 14.8. The van der Waals surface area contributed by atoms with Crippen LogP contribution in [0.4, 0.5) is 0 Å². The van der Waals surface area contributed by atoms with Gasteiger partial charge in [0, 0.05) is 30.6 Å². The van der Waals surface area contributed by atoms with Gasteiger partial charge in [-0.2, -0.15) is 0 Å². The molecule has 0 aromatic heterocycles. The lowest BCUT2D eigenvalue weighted by molar-refractivity contribution is -0.153. The van der Waals surface area contributed by atoms with E-state index in [9.17, 15) is 14.7 Å². The van der Waals surface area contributed by atoms with Crippen LogP contribution in [0.2, 0.25) is 0 Å². The van der Waals surface area contributed by atoms with Crippen molar-refractivity contribution in [2.24, 2.45) is 29.1 Å². The number of carbonyl (C=O) groups excluding carboxylic acids is 2. The number of amides is 2. The minimum Gasteiger partial charge on any atom is -0.392 e. The number of ether oxygens (including phenoxy) is 1. The van der Waals surface area contributed by atoms with Gasteiger partial charge in [0.25, 0.3) is 5.91 Å². The lowest BCUT2D eigenvalue weighted by Crippen LogP contribution is -2.59. The summed E-state index contributed by atoms with van der Waals surface area (Å²) in [5.41, 5.74) is 0.713. The quantitative estimate of drug-likeness (QED) is 0.751. The van der Waals surface area contributed by atoms with Gasteiger partial charge in [-0.15, -0.1) is 0 Å². The third-order valence-corrected chi connectivity index (χ3v) is 8.59. The Morgan fingerprint density at radius 2 is 1.81 bits per heavy atom. The highest BCUT2D eigenvalue weighted by Gasteiger charge is 2.54. The first-order valence-corrected chi connectivity index (χ1v) is 12.2. The minimum absolute atomic E-state index is 0.0273. The van der Waals surface area contributed by atoms with Crippen molar-refractivity contribution < 1.29 is 19.4 Å². The molecule has 1 aliphatic heterocycles. The van der Waals surface area contributed by atoms with Crippen molar-refractivity contribution in [3.63, 3.8) is 0 Å². The predicted octanol–water partition coefficient (Wildman–Crippen LogP) is 3.10. The highest BCUT2D eigenvalue weighted by Crippen LogP contribution is 2.55. The number of fused-ring (bicyclic) bond motifs is 1. The van der Waals surface area contributed by atoms with E-state index in [0.29, 0.717) is 31.9 Å². The maximum atomic E-state index is 13.1. The molecule has 2 N–H and O–H groups in total. The molecular formula is C26H38N2O4. The van der Waals surface area contributed by atoms with Gasteiger partial charge >= 0.3 is 0 Å². The topological polar surface area (TPSA) is 78.9 Å². The third-order valence-electron chi connectivity index (χ3n) is 8.59. The summed E-state index contributed by atoms with van der Waals surface area (Å²) < 4.78 is 5.39. The Balaban J connectivity index is 1.47. The molecule has 7 atom stereocenters. The number of rotatable bonds is 4. The van der Waals surface area contributed by atoms with E-state index < -0.39 is 6.10 Å². The van der Waals surface area contributed by atoms with Crippen molar-refractivity contribution in [3.8, 4) is 0 Å². The van der Waals surface area contributed by atoms with E-state index in [1.165, 1.54) is 0 Å². The van der Waals surface area contributed by atoms with Crippen molar-refractivity contribution in [1.29, 1.82) is 0 Å². The molecule has 1 aromatic carbocycles. The molecule has 3 fully saturated rings. The molecule has 1 unspecified atom stereocenters. The van der Waals surface area contributed by atoms with Crippen LogP contribution in [-0.2, 0) is 9.53 Å². The molecule has 2 aliphatic carbocycles. The molecule has 176 valence electrons. The largest absolute Gasteiger partial charge is 0.392 e. The molecule has 4 rings (SSSR count). The Morgan fingerprint density at radius 1 is 1.16 bits per heavy atom. The van der Waals surface area contributed by atoms with Crippen LogP contribution in [-0.4, -0.2) is 60.3 Å². The summed E-state index contributed by atoms with van der Waals surface area (Å²) in [7, 11) is 0. The minimum atomic E-state index is -0.542. The van der Waals surface area contributed by atoms with E-state index in [1.54, 1.807) is 0 Å². The van der Waals surface area contributed by atoms with Crippen molar-refractivity contribution in [2.45, 2.75) is 58.6 Å². The van der Waals surface area contributed by atoms with Gasteiger partial charge in [-0.05, 0) is 61.0 Å². The van der Waals surface area contributed by atoms with E-state index in [2.05, 4.69) is 19.2 Å². The SMILES string of the molecule is C[C@H]1[C@@H]2[C@@H](O)C([C@H](C)C(=O)N3CCOCC3)CC[C@@]2(C)CC[C@@H]1NC(=O)c1ccccc1. The smallest absolute Gasteiger partial charge is 0.251 e. The lowest BCUT2D eigenvalue weighted by atomic mass is 9.51. The monoisotopic (exact) mass is 442 g/mol. The number of morpholine rings is 1. The van der Waals surface area contributed by atoms with Gasteiger partial charge in [0.15, 0.2) is 0 Å². The number of benzene rings is 1. The van der Waals surface area contributed by atoms with Crippen molar-refractivity contribution in [1.82, 2.24) is 10.2 Å². The summed E-state index contributed by atoms with van der Waals surface area (Å²) in [6.07, 6.45) is 3.26. The van der Waals surface area contributed by atoms with Gasteiger partial charge < -0.3 is 20.1 Å². The fourth-order valence-corrected chi connectivity index (χ4v) is 6.59. The maximum absolute atomic E-state index is 13.1. The molecule has 3 aliphatic rings. The van der Waals surface area contributed by atoms with Crippen LogP contribution in [0.3, 0.4) is 0 Å². The summed E-state index contributed by atoms with van der Waals surface area (Å²) in [6.45, 7) is 8.89. The van der Waals surface area contributed by atoms with Gasteiger partial charge in [0.1, 0.15) is 0 Å². The number of aliphatic hydroxyl groups excluding tert-OH is 1. The summed E-state index contributed by atoms with van der Waals surface area (Å²) in [6, 6.07) is 9.34. The molecule has 1 heterocycles. The van der Waals surface area contributed by atoms with Gasteiger partial charge in [0.2, 0.25) is 5.91 Å². The van der Waals surface area contributed by atoms with Crippen molar-refractivity contribution >= 4 is 11.8 Å². The number of aliphatic hydroxyl groups is 1. The number of nitrogens with one attached hydrogen (secondary N) is 1. The second kappa shape index (κ2) is 9.52. The van der Waals surface area contributed by atoms with Gasteiger partial charge in [-0.25, -0.2) is 0 Å². The lowest BCUT2D eigenvalue weighted by Gasteiger charge is -2.56. The zero-order valence-corrected chi connectivity index (χ0v) is 19.6. The highest BCUT2D eigenvalue weighted by molar-refractivity contribution is 5.94. The van der Waals surface area contributed by atoms with Gasteiger partial charge in [-0.1, -0.05) is 39.0 Å². The van der Waals surface area contributed by atoms with Crippen molar-refractivity contribution in [3.05, 3.63) is 35.9 Å². The predicted molar refractivity (Wildman–Crippen MR) is 123 cm³/mol. The average molecular weight is 443 g/mol. The van der Waals surface area contributed by atoms with Gasteiger partial charge in [-0.3, -0.25) is 9.59 Å². The summed E-state index contributed by atoms with van der Waals surface area (Å²) in [4.78, 5) is 27.8. The molecule has 0 bridgehead atoms. The van der Waals surface area contributed by atoms with E-state index in [0.717, 1.165) is 25.7 Å². The molecule has 0 spiro atoms. The van der Waals surface area contributed by atoms with Gasteiger partial charge in [0.05, 0.1) is 19.3 Å². The highest BCUT2D eigenvalue weighted by atomic mass is 16.5. The average Bonchev–Trinajstić information content (AvgIpc) is 2.81. The third kappa shape index (κ3) is 4.44. The fourth-order valence-electron chi connectivity index (χ4n) is 6.59. The van der Waals surface area contributed by atoms with Crippen LogP contribution in [0.25, 0.3) is 0 Å². The first-order valence-electron chi connectivity index (χ1n) is 12.2. The zero-order chi connectivity index (χ0) is 22.9. The van der Waals surface area contributed by atoms with E-state index in [-0.39, 0.29) is 46.9 Å². The van der Waals surface area contributed by atoms with Crippen LogP contribution < -0.4 is 5.32 Å². The van der Waals surface area contributed by atoms with Crippen molar-refractivity contribution in [2.75, 3.05) is 26.3 Å². The Morgan fingerprint density at radius 3 is 2.50 bits per heavy atom. The molecule has 6 heteroatoms. The first-order chi connectivity index (χ1) is 15.3. The second-order valence-electron chi connectivity index (χ2n) is 10.4. The molecule has 2 amide bonds. The molecule has 2 saturated carbocycles. The number of hydrogen-bond donors (Lipinski definition) is 2. The molecule has 6 nitrogen and oxygen atoms in total. The molecule has 1 aromatic rings. The second-order valence-corrected chi connectivity index (χ2v) is 10.4. The number of carbonyl (C=O) groups is 2. The van der Waals surface area contributed by atoms with Crippen LogP contribution in [0.1, 0.15) is 56.8 Å². The fraction of sp³-hybridized carbons (Fsp3) is 0.692. The van der Waals surface area contributed by atoms with Crippen LogP contribution in [0.5, 0.6) is 0 Å². The Labute approximate surface area is 191 Å². The normalized spacial score (nSPS) is 36.1. The van der Waals surface area contributed by atoms with E-state index in [1.807, 2.05) is 42.2 Å². The first kappa shape index (κ1) is 23.2. The van der Waals surface area contributed by atoms with Crippen LogP contribution in [0, 0.1) is 29.1 Å². The Kier molecular flexibility index (Phi) is 6.91. The van der Waals surface area contributed by atoms with E-state index >= 15 is 0 Å². The summed E-state index contributed by atoms with van der Waals surface area (Å²) >= 11 is 0. The van der Waals surface area contributed by atoms with Crippen LogP contribution >= 0.6 is 0 Å². The molecule has 32 heavy (non-hydrogen) atoms. The Bertz CT molecular complexity index is 809. The molecule has 0 radical (unpaired) electrons. The zero-order valence-electron chi connectivity index (χ0n) is 19.6. The summed E-state index contributed by atoms with van der Waals surface area (Å²) in [5.74, 6) is 0.0385. The molecule has 1 saturated heterocycles. The van der Waals surface area contributed by atoms with E-state index in [4.69, 9.17) is 4.74 Å².